The summed E-state index contributed by atoms with van der Waals surface area (Å²) in [7, 11) is 1.75. The number of ether oxygens (including phenoxy) is 3. The molecule has 4 rings (SSSR count). The van der Waals surface area contributed by atoms with Gasteiger partial charge in [-0.2, -0.15) is 0 Å². The second-order valence-electron chi connectivity index (χ2n) is 8.97. The third-order valence-electron chi connectivity index (χ3n) is 6.70. The molecule has 2 atom stereocenters. The molecule has 0 aliphatic carbocycles. The molecule has 3 aliphatic heterocycles. The number of hydrogen-bond donors (Lipinski definition) is 0. The van der Waals surface area contributed by atoms with Crippen LogP contribution in [0.3, 0.4) is 0 Å². The predicted octanol–water partition coefficient (Wildman–Crippen LogP) is 2.15. The Hall–Kier alpha value is -1.06. The zero-order valence-corrected chi connectivity index (χ0v) is 18.8. The summed E-state index contributed by atoms with van der Waals surface area (Å²) < 4.78 is 17.8. The molecule has 0 radical (unpaired) electrons. The molecule has 1 aromatic heterocycles. The Kier molecular flexibility index (Phi) is 6.01. The van der Waals surface area contributed by atoms with Gasteiger partial charge in [0.2, 0.25) is 0 Å². The fraction of sp³-hybridized carbons (Fsp3) is 0.810. The maximum atomic E-state index is 13.0. The van der Waals surface area contributed by atoms with Crippen molar-refractivity contribution >= 4 is 17.2 Å². The second-order valence-corrected chi connectivity index (χ2v) is 10.3. The van der Waals surface area contributed by atoms with E-state index in [1.54, 1.807) is 18.4 Å². The summed E-state index contributed by atoms with van der Waals surface area (Å²) in [5.74, 6) is 0.106. The number of morpholine rings is 1. The number of amides is 1. The largest absolute Gasteiger partial charge is 0.378 e. The van der Waals surface area contributed by atoms with Crippen LogP contribution in [0.1, 0.15) is 41.8 Å². The monoisotopic (exact) mass is 423 g/mol. The van der Waals surface area contributed by atoms with E-state index in [-0.39, 0.29) is 17.1 Å². The summed E-state index contributed by atoms with van der Waals surface area (Å²) in [4.78, 5) is 23.3. The number of aryl methyl sites for hydroxylation is 2. The predicted molar refractivity (Wildman–Crippen MR) is 111 cm³/mol. The lowest BCUT2D eigenvalue weighted by Gasteiger charge is -2.40. The minimum absolute atomic E-state index is 0.106. The van der Waals surface area contributed by atoms with Crippen molar-refractivity contribution in [2.24, 2.45) is 0 Å². The summed E-state index contributed by atoms with van der Waals surface area (Å²) in [6, 6.07) is 0. The van der Waals surface area contributed by atoms with Gasteiger partial charge in [0, 0.05) is 51.1 Å². The van der Waals surface area contributed by atoms with Gasteiger partial charge in [0.1, 0.15) is 11.7 Å². The van der Waals surface area contributed by atoms with Gasteiger partial charge in [-0.3, -0.25) is 9.69 Å². The van der Waals surface area contributed by atoms with Gasteiger partial charge in [0.15, 0.2) is 0 Å². The molecule has 29 heavy (non-hydrogen) atoms. The third-order valence-corrected chi connectivity index (χ3v) is 7.76. The van der Waals surface area contributed by atoms with Gasteiger partial charge in [-0.05, 0) is 33.6 Å². The highest BCUT2D eigenvalue weighted by molar-refractivity contribution is 7.11. The maximum Gasteiger partial charge on any atom is 0.251 e. The molecule has 162 valence electrons. The highest BCUT2D eigenvalue weighted by Gasteiger charge is 2.48. The van der Waals surface area contributed by atoms with Gasteiger partial charge in [-0.15, -0.1) is 11.3 Å². The first-order valence-electron chi connectivity index (χ1n) is 10.6. The number of methoxy groups -OCH3 is 1. The van der Waals surface area contributed by atoms with Crippen molar-refractivity contribution in [1.29, 1.82) is 0 Å². The van der Waals surface area contributed by atoms with E-state index in [0.29, 0.717) is 19.6 Å². The van der Waals surface area contributed by atoms with E-state index in [2.05, 4.69) is 30.7 Å². The number of carbonyl (C=O) groups is 1. The first kappa shape index (κ1) is 21.2. The average Bonchev–Trinajstić information content (AvgIpc) is 3.24. The minimum atomic E-state index is -0.394. The number of thiazole rings is 1. The van der Waals surface area contributed by atoms with Crippen LogP contribution < -0.4 is 0 Å². The summed E-state index contributed by atoms with van der Waals surface area (Å²) >= 11 is 1.77. The topological polar surface area (TPSA) is 64.1 Å². The number of rotatable bonds is 4. The average molecular weight is 424 g/mol. The quantitative estimate of drug-likeness (QED) is 0.739. The molecule has 0 saturated carbocycles. The Morgan fingerprint density at radius 2 is 2.07 bits per heavy atom. The lowest BCUT2D eigenvalue weighted by atomic mass is 9.92. The number of aromatic nitrogens is 1. The van der Waals surface area contributed by atoms with Gasteiger partial charge in [0.25, 0.3) is 5.91 Å². The van der Waals surface area contributed by atoms with Gasteiger partial charge in [-0.25, -0.2) is 4.98 Å². The van der Waals surface area contributed by atoms with Crippen molar-refractivity contribution in [1.82, 2.24) is 14.8 Å². The van der Waals surface area contributed by atoms with Crippen LogP contribution in [0.4, 0.5) is 0 Å². The van der Waals surface area contributed by atoms with Gasteiger partial charge >= 0.3 is 0 Å². The summed E-state index contributed by atoms with van der Waals surface area (Å²) in [6.45, 7) is 11.5. The summed E-state index contributed by atoms with van der Waals surface area (Å²) in [5.41, 5.74) is 0.634. The second kappa shape index (κ2) is 8.23. The summed E-state index contributed by atoms with van der Waals surface area (Å²) in [5, 5.41) is 1.11. The fourth-order valence-corrected chi connectivity index (χ4v) is 5.65. The molecule has 0 aromatic carbocycles. The minimum Gasteiger partial charge on any atom is -0.378 e. The number of nitrogens with zero attached hydrogens (tertiary/aromatic N) is 3. The molecule has 3 aliphatic rings. The van der Waals surface area contributed by atoms with E-state index in [9.17, 15) is 4.79 Å². The third kappa shape index (κ3) is 4.51. The van der Waals surface area contributed by atoms with Crippen LogP contribution in [0.25, 0.3) is 0 Å². The van der Waals surface area contributed by atoms with Crippen LogP contribution >= 0.6 is 11.3 Å². The molecular formula is C21H33N3O4S. The van der Waals surface area contributed by atoms with Gasteiger partial charge < -0.3 is 19.1 Å². The van der Waals surface area contributed by atoms with Crippen LogP contribution in [0.5, 0.6) is 0 Å². The van der Waals surface area contributed by atoms with E-state index in [0.717, 1.165) is 56.3 Å². The molecule has 1 amide bonds. The van der Waals surface area contributed by atoms with E-state index in [4.69, 9.17) is 14.2 Å². The highest BCUT2D eigenvalue weighted by atomic mass is 32.1. The summed E-state index contributed by atoms with van der Waals surface area (Å²) in [6.07, 6.45) is 1.98. The molecule has 0 bridgehead atoms. The van der Waals surface area contributed by atoms with Gasteiger partial charge in [0.05, 0.1) is 29.5 Å². The molecule has 0 N–H and O–H groups in total. The van der Waals surface area contributed by atoms with Crippen molar-refractivity contribution < 1.29 is 19.0 Å². The zero-order valence-electron chi connectivity index (χ0n) is 18.0. The normalized spacial score (nSPS) is 30.2. The van der Waals surface area contributed by atoms with Crippen molar-refractivity contribution in [2.75, 3.05) is 46.5 Å². The van der Waals surface area contributed by atoms with Crippen LogP contribution in [0.2, 0.25) is 0 Å². The van der Waals surface area contributed by atoms with E-state index < -0.39 is 6.10 Å². The zero-order chi connectivity index (χ0) is 20.6. The first-order chi connectivity index (χ1) is 13.8. The molecule has 3 fully saturated rings. The van der Waals surface area contributed by atoms with Crippen LogP contribution in [0.15, 0.2) is 0 Å². The van der Waals surface area contributed by atoms with Gasteiger partial charge in [-0.1, -0.05) is 0 Å². The van der Waals surface area contributed by atoms with Crippen molar-refractivity contribution in [3.63, 3.8) is 0 Å². The van der Waals surface area contributed by atoms with Crippen molar-refractivity contribution in [2.45, 2.75) is 63.9 Å². The van der Waals surface area contributed by atoms with Crippen LogP contribution in [0, 0.1) is 13.8 Å². The Bertz CT molecular complexity index is 746. The Morgan fingerprint density at radius 1 is 1.31 bits per heavy atom. The maximum absolute atomic E-state index is 13.0. The SMILES string of the molecule is COC1(C)CCN(C(=O)[C@H]2C[C@]3(CO2)CN(Cc2sc(C)nc2C)CCO3)CC1. The molecular weight excluding hydrogens is 390 g/mol. The Balaban J connectivity index is 1.34. The van der Waals surface area contributed by atoms with Crippen molar-refractivity contribution in [3.8, 4) is 0 Å². The van der Waals surface area contributed by atoms with Crippen LogP contribution in [-0.4, -0.2) is 84.5 Å². The number of likely N-dealkylation sites (tertiary alicyclic amines) is 1. The molecule has 1 spiro atoms. The Labute approximate surface area is 177 Å². The smallest absolute Gasteiger partial charge is 0.251 e. The number of hydrogen-bond acceptors (Lipinski definition) is 7. The number of carbonyl (C=O) groups excluding carboxylic acids is 1. The molecule has 4 heterocycles. The standard InChI is InChI=1S/C21H33N3O4S/c1-15-18(29-16(2)22-15)12-23-9-10-28-21(13-23)11-17(27-14-21)19(25)24-7-5-20(3,26-4)6-8-24/h17H,5-14H2,1-4H3/t17-,21-/m1/s1. The van der Waals surface area contributed by atoms with Crippen molar-refractivity contribution in [3.05, 3.63) is 15.6 Å². The van der Waals surface area contributed by atoms with Crippen LogP contribution in [-0.2, 0) is 25.5 Å². The Morgan fingerprint density at radius 3 is 2.72 bits per heavy atom. The lowest BCUT2D eigenvalue weighted by Crippen LogP contribution is -2.53. The molecule has 3 saturated heterocycles. The first-order valence-corrected chi connectivity index (χ1v) is 11.4. The number of piperidine rings is 1. The van der Waals surface area contributed by atoms with E-state index in [1.807, 2.05) is 4.90 Å². The highest BCUT2D eigenvalue weighted by Crippen LogP contribution is 2.34. The molecule has 0 unspecified atom stereocenters. The van der Waals surface area contributed by atoms with E-state index in [1.165, 1.54) is 4.88 Å². The molecule has 8 heteroatoms. The fourth-order valence-electron chi connectivity index (χ4n) is 4.67. The van der Waals surface area contributed by atoms with E-state index >= 15 is 0 Å². The molecule has 1 aromatic rings. The lowest BCUT2D eigenvalue weighted by molar-refractivity contribution is -0.145. The molecule has 7 nitrogen and oxygen atoms in total.